The quantitative estimate of drug-likeness (QED) is 0.401. The molecule has 54 valence electrons. The van der Waals surface area contributed by atoms with Crippen LogP contribution in [-0.4, -0.2) is 17.2 Å². The topological polar surface area (TPSA) is 88.7 Å². The maximum Gasteiger partial charge on any atom is 1.00 e. The van der Waals surface area contributed by atoms with Gasteiger partial charge in [0.15, 0.2) is 0 Å². The van der Waals surface area contributed by atoms with E-state index in [1.807, 2.05) is 0 Å². The number of carboxylic acids is 1. The van der Waals surface area contributed by atoms with Crippen molar-refractivity contribution in [1.82, 2.24) is 0 Å². The van der Waals surface area contributed by atoms with Crippen LogP contribution < -0.4 is 56.5 Å². The Morgan fingerprint density at radius 2 is 1.70 bits per heavy atom. The first-order chi connectivity index (χ1) is 3.63. The summed E-state index contributed by atoms with van der Waals surface area (Å²) in [5.74, 6) is -1.28. The van der Waals surface area contributed by atoms with E-state index in [9.17, 15) is 14.7 Å². The van der Waals surface area contributed by atoms with E-state index in [4.69, 9.17) is 0 Å². The fourth-order valence-corrected chi connectivity index (χ4v) is 0.278. The molecule has 0 aromatic heterocycles. The zero-order valence-electron chi connectivity index (χ0n) is 6.14. The van der Waals surface area contributed by atoms with E-state index in [1.54, 1.807) is 0 Å². The second-order valence-corrected chi connectivity index (χ2v) is 1.57. The van der Waals surface area contributed by atoms with Crippen LogP contribution in [-0.2, 0) is 9.59 Å². The molecule has 5 heteroatoms. The zero-order chi connectivity index (χ0) is 6.57. The van der Waals surface area contributed by atoms with Crippen molar-refractivity contribution in [2.45, 2.75) is 19.8 Å². The van der Waals surface area contributed by atoms with Crippen LogP contribution in [0.4, 0.5) is 0 Å². The minimum atomic E-state index is -1.17. The fraction of sp³-hybridized carbons (Fsp3) is 0.600. The standard InChI is InChI=1S/C5H8O3.K.H2O/c1-4(6)2-3-5(7)8;;/h2-3H2,1H3,(H,7,8);;1H2/q;+1;/p-1. The summed E-state index contributed by atoms with van der Waals surface area (Å²) in [6.07, 6.45) is -0.0718. The monoisotopic (exact) mass is 172 g/mol. The molecule has 0 saturated carbocycles. The Hall–Kier alpha value is 0.736. The van der Waals surface area contributed by atoms with Gasteiger partial charge in [0.25, 0.3) is 0 Å². The Balaban J connectivity index is -0.000000245. The predicted molar refractivity (Wildman–Crippen MR) is 28.5 cm³/mol. The number of carbonyl (C=O) groups excluding carboxylic acids is 2. The van der Waals surface area contributed by atoms with E-state index < -0.39 is 5.97 Å². The smallest absolute Gasteiger partial charge is 0.550 e. The van der Waals surface area contributed by atoms with Crippen molar-refractivity contribution in [2.75, 3.05) is 0 Å². The number of Topliss-reactive ketones (excluding diaryl/α,β-unsaturated/α-hetero) is 1. The number of hydrogen-bond donors (Lipinski definition) is 0. The van der Waals surface area contributed by atoms with Gasteiger partial charge in [0.1, 0.15) is 5.78 Å². The van der Waals surface area contributed by atoms with E-state index in [-0.39, 0.29) is 75.5 Å². The van der Waals surface area contributed by atoms with E-state index in [0.29, 0.717) is 0 Å². The number of aliphatic carboxylic acids is 1. The summed E-state index contributed by atoms with van der Waals surface area (Å²) in [4.78, 5) is 19.7. The summed E-state index contributed by atoms with van der Waals surface area (Å²) in [6, 6.07) is 0. The summed E-state index contributed by atoms with van der Waals surface area (Å²) in [7, 11) is 0. The second kappa shape index (κ2) is 9.74. The van der Waals surface area contributed by atoms with Crippen LogP contribution in [0.25, 0.3) is 0 Å². The van der Waals surface area contributed by atoms with Gasteiger partial charge >= 0.3 is 51.4 Å². The van der Waals surface area contributed by atoms with Crippen LogP contribution in [0.1, 0.15) is 19.8 Å². The molecule has 0 heterocycles. The molecule has 0 radical (unpaired) electrons. The van der Waals surface area contributed by atoms with Crippen LogP contribution in [0.5, 0.6) is 0 Å². The molecule has 4 nitrogen and oxygen atoms in total. The number of carbonyl (C=O) groups is 2. The van der Waals surface area contributed by atoms with Gasteiger partial charge in [-0.2, -0.15) is 0 Å². The normalized spacial score (nSPS) is 6.90. The minimum absolute atomic E-state index is 0. The maximum absolute atomic E-state index is 10.1. The molecule has 0 spiro atoms. The summed E-state index contributed by atoms with van der Waals surface area (Å²) in [5, 5.41) is 9.64. The molecular formula is C5H9KO4. The van der Waals surface area contributed by atoms with Crippen molar-refractivity contribution in [3.8, 4) is 0 Å². The largest absolute Gasteiger partial charge is 1.00 e. The first kappa shape index (κ1) is 17.0. The molecule has 0 unspecified atom stereocenters. The molecule has 0 rings (SSSR count). The first-order valence-corrected chi connectivity index (χ1v) is 2.32. The van der Waals surface area contributed by atoms with E-state index in [2.05, 4.69) is 0 Å². The average Bonchev–Trinajstić information content (AvgIpc) is 1.61. The second-order valence-electron chi connectivity index (χ2n) is 1.57. The Morgan fingerprint density at radius 3 is 1.80 bits per heavy atom. The third-order valence-corrected chi connectivity index (χ3v) is 0.681. The molecule has 0 aliphatic carbocycles. The van der Waals surface area contributed by atoms with E-state index in [0.717, 1.165) is 0 Å². The van der Waals surface area contributed by atoms with Crippen molar-refractivity contribution < 1.29 is 71.6 Å². The maximum atomic E-state index is 10.1. The fourth-order valence-electron chi connectivity index (χ4n) is 0.278. The van der Waals surface area contributed by atoms with E-state index >= 15 is 0 Å². The molecule has 0 aliphatic rings. The van der Waals surface area contributed by atoms with Crippen LogP contribution in [0, 0.1) is 0 Å². The number of carboxylic acid groups (broad SMARTS) is 1. The van der Waals surface area contributed by atoms with Gasteiger partial charge in [-0.15, -0.1) is 0 Å². The summed E-state index contributed by atoms with van der Waals surface area (Å²) >= 11 is 0. The van der Waals surface area contributed by atoms with Gasteiger partial charge in [-0.05, 0) is 13.3 Å². The van der Waals surface area contributed by atoms with Crippen LogP contribution in [0.2, 0.25) is 0 Å². The molecule has 2 N–H and O–H groups in total. The molecule has 0 aromatic rings. The first-order valence-electron chi connectivity index (χ1n) is 2.32. The molecule has 10 heavy (non-hydrogen) atoms. The summed E-state index contributed by atoms with van der Waals surface area (Å²) in [6.45, 7) is 1.35. The molecule has 0 amide bonds. The van der Waals surface area contributed by atoms with Gasteiger partial charge in [0.2, 0.25) is 0 Å². The SMILES string of the molecule is CC(=O)CCC(=O)[O-].O.[K+]. The van der Waals surface area contributed by atoms with Crippen molar-refractivity contribution >= 4 is 11.8 Å². The Bertz CT molecular complexity index is 98.2. The van der Waals surface area contributed by atoms with Crippen molar-refractivity contribution in [1.29, 1.82) is 0 Å². The third kappa shape index (κ3) is 15.9. The molecule has 0 aromatic carbocycles. The Morgan fingerprint density at radius 1 is 1.30 bits per heavy atom. The van der Waals surface area contributed by atoms with Gasteiger partial charge in [-0.25, -0.2) is 0 Å². The zero-order valence-corrected chi connectivity index (χ0v) is 9.26. The molecule has 0 atom stereocenters. The van der Waals surface area contributed by atoms with Gasteiger partial charge < -0.3 is 20.2 Å². The molecule has 0 fully saturated rings. The summed E-state index contributed by atoms with van der Waals surface area (Å²) in [5.41, 5.74) is 0. The summed E-state index contributed by atoms with van der Waals surface area (Å²) < 4.78 is 0. The van der Waals surface area contributed by atoms with Crippen LogP contribution >= 0.6 is 0 Å². The number of ketones is 1. The molecular weight excluding hydrogens is 163 g/mol. The molecule has 0 bridgehead atoms. The number of rotatable bonds is 3. The van der Waals surface area contributed by atoms with E-state index in [1.165, 1.54) is 6.92 Å². The van der Waals surface area contributed by atoms with Crippen molar-refractivity contribution in [2.24, 2.45) is 0 Å². The Labute approximate surface area is 102 Å². The van der Waals surface area contributed by atoms with Gasteiger partial charge in [0, 0.05) is 12.4 Å². The van der Waals surface area contributed by atoms with Gasteiger partial charge in [-0.1, -0.05) is 0 Å². The predicted octanol–water partition coefficient (Wildman–Crippen LogP) is -4.72. The third-order valence-electron chi connectivity index (χ3n) is 0.681. The number of hydrogen-bond acceptors (Lipinski definition) is 3. The minimum Gasteiger partial charge on any atom is -0.550 e. The average molecular weight is 172 g/mol. The van der Waals surface area contributed by atoms with Crippen LogP contribution in [0.15, 0.2) is 0 Å². The molecule has 0 saturated heterocycles. The van der Waals surface area contributed by atoms with Crippen molar-refractivity contribution in [3.63, 3.8) is 0 Å². The Kier molecular flexibility index (Phi) is 16.6. The van der Waals surface area contributed by atoms with Crippen LogP contribution in [0.3, 0.4) is 0 Å². The molecule has 0 aliphatic heterocycles. The van der Waals surface area contributed by atoms with Gasteiger partial charge in [-0.3, -0.25) is 0 Å². The van der Waals surface area contributed by atoms with Gasteiger partial charge in [0.05, 0.1) is 0 Å². The van der Waals surface area contributed by atoms with Crippen molar-refractivity contribution in [3.05, 3.63) is 0 Å².